The topological polar surface area (TPSA) is 29.1 Å². The highest BCUT2D eigenvalue weighted by atomic mass is 16.2. The van der Waals surface area contributed by atoms with Crippen molar-refractivity contribution in [3.63, 3.8) is 0 Å². The maximum absolute atomic E-state index is 11.7. The van der Waals surface area contributed by atoms with Gasteiger partial charge in [-0.15, -0.1) is 0 Å². The van der Waals surface area contributed by atoms with Crippen LogP contribution in [0.15, 0.2) is 12.1 Å². The number of rotatable bonds is 1. The Hall–Kier alpha value is -1.31. The Morgan fingerprint density at radius 1 is 1.20 bits per heavy atom. The van der Waals surface area contributed by atoms with Gasteiger partial charge in [0.1, 0.15) is 0 Å². The third-order valence-corrected chi connectivity index (χ3v) is 3.14. The molecule has 1 aromatic carbocycles. The highest BCUT2D eigenvalue weighted by Crippen LogP contribution is 2.29. The van der Waals surface area contributed by atoms with Gasteiger partial charge in [-0.2, -0.15) is 0 Å². The van der Waals surface area contributed by atoms with Crippen LogP contribution in [0.25, 0.3) is 0 Å². The van der Waals surface area contributed by atoms with E-state index in [0.717, 1.165) is 13.0 Å². The molecule has 2 heteroatoms. The van der Waals surface area contributed by atoms with E-state index in [0.29, 0.717) is 0 Å². The molecule has 1 heterocycles. The fourth-order valence-electron chi connectivity index (χ4n) is 2.61. The molecule has 0 spiro atoms. The van der Waals surface area contributed by atoms with Gasteiger partial charge in [-0.1, -0.05) is 17.7 Å². The summed E-state index contributed by atoms with van der Waals surface area (Å²) >= 11 is 0. The molecule has 0 saturated carbocycles. The predicted molar refractivity (Wildman–Crippen MR) is 61.0 cm³/mol. The average Bonchev–Trinajstić information content (AvgIpc) is 2.50. The van der Waals surface area contributed by atoms with E-state index < -0.39 is 0 Å². The fourth-order valence-corrected chi connectivity index (χ4v) is 2.61. The van der Waals surface area contributed by atoms with Crippen LogP contribution in [0.5, 0.6) is 0 Å². The first-order valence-corrected chi connectivity index (χ1v) is 5.45. The van der Waals surface area contributed by atoms with Crippen molar-refractivity contribution in [3.05, 3.63) is 34.4 Å². The van der Waals surface area contributed by atoms with Crippen molar-refractivity contribution in [1.82, 2.24) is 5.32 Å². The summed E-state index contributed by atoms with van der Waals surface area (Å²) in [6.45, 7) is 7.11. The number of hydrogen-bond donors (Lipinski definition) is 1. The minimum atomic E-state index is 0.0746. The van der Waals surface area contributed by atoms with E-state index >= 15 is 0 Å². The summed E-state index contributed by atoms with van der Waals surface area (Å²) in [5.74, 6) is 0.260. The van der Waals surface area contributed by atoms with Gasteiger partial charge in [-0.3, -0.25) is 4.79 Å². The Morgan fingerprint density at radius 3 is 2.27 bits per heavy atom. The Balaban J connectivity index is 2.47. The molecule has 80 valence electrons. The van der Waals surface area contributed by atoms with Crippen molar-refractivity contribution in [1.29, 1.82) is 0 Å². The van der Waals surface area contributed by atoms with E-state index in [1.807, 2.05) is 0 Å². The van der Waals surface area contributed by atoms with Crippen LogP contribution in [0, 0.1) is 20.8 Å². The Morgan fingerprint density at radius 2 is 1.80 bits per heavy atom. The second-order valence-electron chi connectivity index (χ2n) is 4.44. The third kappa shape index (κ3) is 1.76. The van der Waals surface area contributed by atoms with Crippen molar-refractivity contribution in [2.75, 3.05) is 6.54 Å². The van der Waals surface area contributed by atoms with Crippen LogP contribution in [0.2, 0.25) is 0 Å². The lowest BCUT2D eigenvalue weighted by atomic mass is 9.88. The number of nitrogens with one attached hydrogen (secondary N) is 1. The van der Waals surface area contributed by atoms with Crippen LogP contribution in [0.1, 0.15) is 34.6 Å². The van der Waals surface area contributed by atoms with E-state index in [1.165, 1.54) is 22.3 Å². The molecular weight excluding hydrogens is 186 g/mol. The molecule has 0 bridgehead atoms. The second-order valence-corrected chi connectivity index (χ2v) is 4.44. The molecule has 2 nitrogen and oxygen atoms in total. The molecule has 2 rings (SSSR count). The molecule has 0 aromatic heterocycles. The van der Waals surface area contributed by atoms with Gasteiger partial charge in [0.25, 0.3) is 0 Å². The van der Waals surface area contributed by atoms with Crippen LogP contribution in [-0.2, 0) is 4.79 Å². The molecule has 1 fully saturated rings. The van der Waals surface area contributed by atoms with Gasteiger partial charge < -0.3 is 5.32 Å². The first kappa shape index (κ1) is 10.2. The lowest BCUT2D eigenvalue weighted by Crippen LogP contribution is -2.19. The predicted octanol–water partition coefficient (Wildman–Crippen LogP) is 2.22. The van der Waals surface area contributed by atoms with Crippen molar-refractivity contribution >= 4 is 5.91 Å². The highest BCUT2D eigenvalue weighted by molar-refractivity contribution is 5.86. The number of benzene rings is 1. The zero-order valence-electron chi connectivity index (χ0n) is 9.55. The van der Waals surface area contributed by atoms with Gasteiger partial charge in [0.05, 0.1) is 5.92 Å². The summed E-state index contributed by atoms with van der Waals surface area (Å²) < 4.78 is 0. The molecule has 1 unspecified atom stereocenters. The zero-order valence-corrected chi connectivity index (χ0v) is 9.55. The Bertz CT molecular complexity index is 386. The van der Waals surface area contributed by atoms with Crippen LogP contribution in [0.3, 0.4) is 0 Å². The minimum absolute atomic E-state index is 0.0746. The summed E-state index contributed by atoms with van der Waals surface area (Å²) in [5.41, 5.74) is 4.99. The molecule has 0 radical (unpaired) electrons. The third-order valence-electron chi connectivity index (χ3n) is 3.14. The summed E-state index contributed by atoms with van der Waals surface area (Å²) in [6.07, 6.45) is 0.934. The Labute approximate surface area is 90.7 Å². The molecular formula is C13H17NO. The van der Waals surface area contributed by atoms with Gasteiger partial charge >= 0.3 is 0 Å². The summed E-state index contributed by atoms with van der Waals surface area (Å²) in [5, 5.41) is 2.90. The number of amides is 1. The number of carbonyl (C=O) groups is 1. The van der Waals surface area contributed by atoms with Crippen molar-refractivity contribution in [2.24, 2.45) is 0 Å². The first-order valence-electron chi connectivity index (χ1n) is 5.45. The zero-order chi connectivity index (χ0) is 11.0. The molecule has 0 aliphatic carbocycles. The molecule has 1 N–H and O–H groups in total. The van der Waals surface area contributed by atoms with Crippen LogP contribution in [0.4, 0.5) is 0 Å². The van der Waals surface area contributed by atoms with Crippen molar-refractivity contribution in [2.45, 2.75) is 33.1 Å². The lowest BCUT2D eigenvalue weighted by Gasteiger charge is -2.15. The monoisotopic (exact) mass is 203 g/mol. The Kier molecular flexibility index (Phi) is 2.51. The van der Waals surface area contributed by atoms with Gasteiger partial charge in [0.2, 0.25) is 5.91 Å². The number of hydrogen-bond acceptors (Lipinski definition) is 1. The molecule has 1 saturated heterocycles. The molecule has 1 aromatic rings. The van der Waals surface area contributed by atoms with E-state index in [-0.39, 0.29) is 11.8 Å². The van der Waals surface area contributed by atoms with Crippen LogP contribution >= 0.6 is 0 Å². The maximum atomic E-state index is 11.7. The van der Waals surface area contributed by atoms with Crippen molar-refractivity contribution in [3.8, 4) is 0 Å². The van der Waals surface area contributed by atoms with Gasteiger partial charge in [0, 0.05) is 6.54 Å². The summed E-state index contributed by atoms with van der Waals surface area (Å²) in [4.78, 5) is 11.7. The van der Waals surface area contributed by atoms with E-state index in [1.54, 1.807) is 0 Å². The van der Waals surface area contributed by atoms with Crippen LogP contribution in [-0.4, -0.2) is 12.5 Å². The van der Waals surface area contributed by atoms with E-state index in [4.69, 9.17) is 0 Å². The van der Waals surface area contributed by atoms with Crippen molar-refractivity contribution < 1.29 is 4.79 Å². The largest absolute Gasteiger partial charge is 0.356 e. The molecule has 15 heavy (non-hydrogen) atoms. The first-order chi connectivity index (χ1) is 7.09. The second kappa shape index (κ2) is 3.69. The highest BCUT2D eigenvalue weighted by Gasteiger charge is 2.28. The smallest absolute Gasteiger partial charge is 0.227 e. The minimum Gasteiger partial charge on any atom is -0.356 e. The van der Waals surface area contributed by atoms with E-state index in [2.05, 4.69) is 38.2 Å². The number of aryl methyl sites for hydroxylation is 3. The average molecular weight is 203 g/mol. The summed E-state index contributed by atoms with van der Waals surface area (Å²) in [7, 11) is 0. The fraction of sp³-hybridized carbons (Fsp3) is 0.462. The quantitative estimate of drug-likeness (QED) is 0.745. The SMILES string of the molecule is Cc1cc(C)c(C2CCNC2=O)c(C)c1. The van der Waals surface area contributed by atoms with Gasteiger partial charge in [-0.05, 0) is 43.9 Å². The van der Waals surface area contributed by atoms with E-state index in [9.17, 15) is 4.79 Å². The molecule has 1 amide bonds. The normalized spacial score (nSPS) is 20.5. The standard InChI is InChI=1S/C13H17NO/c1-8-6-9(2)12(10(3)7-8)11-4-5-14-13(11)15/h6-7,11H,4-5H2,1-3H3,(H,14,15). The van der Waals surface area contributed by atoms with Gasteiger partial charge in [-0.25, -0.2) is 0 Å². The lowest BCUT2D eigenvalue weighted by molar-refractivity contribution is -0.120. The van der Waals surface area contributed by atoms with Crippen LogP contribution < -0.4 is 5.32 Å². The molecule has 1 atom stereocenters. The number of carbonyl (C=O) groups excluding carboxylic acids is 1. The summed E-state index contributed by atoms with van der Waals surface area (Å²) in [6, 6.07) is 4.32. The van der Waals surface area contributed by atoms with Gasteiger partial charge in [0.15, 0.2) is 0 Å². The molecule has 1 aliphatic heterocycles. The molecule has 1 aliphatic rings. The maximum Gasteiger partial charge on any atom is 0.227 e.